The smallest absolute Gasteiger partial charge is 0.0898 e. The number of rotatable bonds is 2. The Labute approximate surface area is 108 Å². The number of hydrogen-bond donors (Lipinski definition) is 1. The van der Waals surface area contributed by atoms with Gasteiger partial charge in [-0.05, 0) is 18.6 Å². The Kier molecular flexibility index (Phi) is 3.50. The number of nitrogens with two attached hydrogens (primary N) is 1. The van der Waals surface area contributed by atoms with Crippen LogP contribution in [0.5, 0.6) is 0 Å². The van der Waals surface area contributed by atoms with Crippen LogP contribution in [-0.2, 0) is 0 Å². The van der Waals surface area contributed by atoms with E-state index in [1.54, 1.807) is 17.4 Å². The zero-order valence-electron chi connectivity index (χ0n) is 8.58. The Morgan fingerprint density at radius 1 is 1.38 bits per heavy atom. The van der Waals surface area contributed by atoms with Crippen molar-refractivity contribution >= 4 is 34.5 Å². The van der Waals surface area contributed by atoms with Crippen molar-refractivity contribution in [2.24, 2.45) is 5.73 Å². The molecule has 0 aliphatic rings. The maximum Gasteiger partial charge on any atom is 0.0898 e. The molecule has 0 amide bonds. The van der Waals surface area contributed by atoms with Crippen LogP contribution in [-0.4, -0.2) is 4.98 Å². The van der Waals surface area contributed by atoms with E-state index in [0.717, 1.165) is 16.3 Å². The van der Waals surface area contributed by atoms with Gasteiger partial charge in [-0.1, -0.05) is 35.3 Å². The van der Waals surface area contributed by atoms with Gasteiger partial charge in [-0.15, -0.1) is 11.3 Å². The molecule has 0 saturated heterocycles. The van der Waals surface area contributed by atoms with Crippen LogP contribution in [0.2, 0.25) is 10.0 Å². The molecule has 2 nitrogen and oxygen atoms in total. The van der Waals surface area contributed by atoms with Crippen LogP contribution < -0.4 is 5.73 Å². The Bertz CT molecular complexity index is 510. The highest BCUT2D eigenvalue weighted by Crippen LogP contribution is 2.32. The molecule has 1 heterocycles. The monoisotopic (exact) mass is 272 g/mol. The van der Waals surface area contributed by atoms with Gasteiger partial charge in [-0.3, -0.25) is 0 Å². The molecule has 0 fully saturated rings. The number of thiazole rings is 1. The molecule has 2 rings (SSSR count). The standard InChI is InChI=1S/C11H10Cl2N2S/c1-6-15-9(5-16-6)11(14)7-3-2-4-8(12)10(7)13/h2-5,11H,14H2,1H3. The van der Waals surface area contributed by atoms with E-state index in [2.05, 4.69) is 4.98 Å². The first-order valence-electron chi connectivity index (χ1n) is 4.71. The number of nitrogens with zero attached hydrogens (tertiary/aromatic N) is 1. The first-order chi connectivity index (χ1) is 7.59. The van der Waals surface area contributed by atoms with Crippen molar-refractivity contribution in [3.05, 3.63) is 49.9 Å². The van der Waals surface area contributed by atoms with Crippen LogP contribution in [0, 0.1) is 6.92 Å². The molecule has 0 aliphatic heterocycles. The zero-order valence-corrected chi connectivity index (χ0v) is 10.9. The largest absolute Gasteiger partial charge is 0.319 e. The Hall–Kier alpha value is -0.610. The highest BCUT2D eigenvalue weighted by atomic mass is 35.5. The van der Waals surface area contributed by atoms with Crippen LogP contribution in [0.4, 0.5) is 0 Å². The molecule has 0 radical (unpaired) electrons. The average Bonchev–Trinajstić information content (AvgIpc) is 2.68. The molecule has 2 N–H and O–H groups in total. The van der Waals surface area contributed by atoms with Crippen LogP contribution in [0.15, 0.2) is 23.6 Å². The lowest BCUT2D eigenvalue weighted by Gasteiger charge is -2.12. The predicted molar refractivity (Wildman–Crippen MR) is 69.3 cm³/mol. The summed E-state index contributed by atoms with van der Waals surface area (Å²) in [6.07, 6.45) is 0. The van der Waals surface area contributed by atoms with Crippen LogP contribution >= 0.6 is 34.5 Å². The second-order valence-corrected chi connectivity index (χ2v) is 5.26. The van der Waals surface area contributed by atoms with Gasteiger partial charge in [0.25, 0.3) is 0 Å². The summed E-state index contributed by atoms with van der Waals surface area (Å²) in [5.74, 6) is 0. The molecule has 0 saturated carbocycles. The summed E-state index contributed by atoms with van der Waals surface area (Å²) in [5.41, 5.74) is 7.73. The lowest BCUT2D eigenvalue weighted by molar-refractivity contribution is 0.835. The molecule has 1 aromatic heterocycles. The van der Waals surface area contributed by atoms with E-state index in [1.807, 2.05) is 24.4 Å². The van der Waals surface area contributed by atoms with Gasteiger partial charge >= 0.3 is 0 Å². The van der Waals surface area contributed by atoms with E-state index < -0.39 is 0 Å². The lowest BCUT2D eigenvalue weighted by atomic mass is 10.1. The molecule has 16 heavy (non-hydrogen) atoms. The van der Waals surface area contributed by atoms with Gasteiger partial charge in [0.05, 0.1) is 26.8 Å². The lowest BCUT2D eigenvalue weighted by Crippen LogP contribution is -2.12. The molecule has 5 heteroatoms. The summed E-state index contributed by atoms with van der Waals surface area (Å²) < 4.78 is 0. The number of benzene rings is 1. The van der Waals surface area contributed by atoms with Gasteiger partial charge in [0.15, 0.2) is 0 Å². The molecule has 1 aromatic carbocycles. The molecule has 0 bridgehead atoms. The maximum absolute atomic E-state index is 6.11. The summed E-state index contributed by atoms with van der Waals surface area (Å²) in [5, 5.41) is 3.95. The topological polar surface area (TPSA) is 38.9 Å². The van der Waals surface area contributed by atoms with E-state index in [-0.39, 0.29) is 6.04 Å². The zero-order chi connectivity index (χ0) is 11.7. The summed E-state index contributed by atoms with van der Waals surface area (Å²) >= 11 is 13.6. The van der Waals surface area contributed by atoms with E-state index >= 15 is 0 Å². The minimum Gasteiger partial charge on any atom is -0.319 e. The van der Waals surface area contributed by atoms with Gasteiger partial charge < -0.3 is 5.73 Å². The summed E-state index contributed by atoms with van der Waals surface area (Å²) in [7, 11) is 0. The number of aryl methyl sites for hydroxylation is 1. The summed E-state index contributed by atoms with van der Waals surface area (Å²) in [4.78, 5) is 4.35. The summed E-state index contributed by atoms with van der Waals surface area (Å²) in [6, 6.07) is 5.12. The molecule has 0 spiro atoms. The molecule has 2 aromatic rings. The molecule has 1 unspecified atom stereocenters. The van der Waals surface area contributed by atoms with E-state index in [1.165, 1.54) is 0 Å². The predicted octanol–water partition coefficient (Wildman–Crippen LogP) is 3.81. The minimum absolute atomic E-state index is 0.323. The van der Waals surface area contributed by atoms with Crippen molar-refractivity contribution < 1.29 is 0 Å². The number of aromatic nitrogens is 1. The van der Waals surface area contributed by atoms with Crippen LogP contribution in [0.3, 0.4) is 0 Å². The van der Waals surface area contributed by atoms with Crippen molar-refractivity contribution in [3.8, 4) is 0 Å². The van der Waals surface area contributed by atoms with Crippen molar-refractivity contribution in [1.29, 1.82) is 0 Å². The van der Waals surface area contributed by atoms with Crippen molar-refractivity contribution in [3.63, 3.8) is 0 Å². The van der Waals surface area contributed by atoms with Gasteiger partial charge in [-0.25, -0.2) is 4.98 Å². The van der Waals surface area contributed by atoms with Gasteiger partial charge in [0.2, 0.25) is 0 Å². The normalized spacial score (nSPS) is 12.8. The third kappa shape index (κ3) is 2.23. The van der Waals surface area contributed by atoms with Crippen LogP contribution in [0.25, 0.3) is 0 Å². The van der Waals surface area contributed by atoms with E-state index in [4.69, 9.17) is 28.9 Å². The molecule has 0 aliphatic carbocycles. The fourth-order valence-corrected chi connectivity index (χ4v) is 2.52. The fourth-order valence-electron chi connectivity index (χ4n) is 1.44. The SMILES string of the molecule is Cc1nc(C(N)c2cccc(Cl)c2Cl)cs1. The molecule has 84 valence electrons. The first-order valence-corrected chi connectivity index (χ1v) is 6.34. The molecular weight excluding hydrogens is 263 g/mol. The number of halogens is 2. The summed E-state index contributed by atoms with van der Waals surface area (Å²) in [6.45, 7) is 1.94. The average molecular weight is 273 g/mol. The third-order valence-electron chi connectivity index (χ3n) is 2.27. The van der Waals surface area contributed by atoms with Crippen molar-refractivity contribution in [1.82, 2.24) is 4.98 Å². The Balaban J connectivity index is 2.41. The highest BCUT2D eigenvalue weighted by Gasteiger charge is 2.16. The molecule has 1 atom stereocenters. The second-order valence-electron chi connectivity index (χ2n) is 3.41. The van der Waals surface area contributed by atoms with Gasteiger partial charge in [-0.2, -0.15) is 0 Å². The van der Waals surface area contributed by atoms with Crippen LogP contribution in [0.1, 0.15) is 22.3 Å². The van der Waals surface area contributed by atoms with Crippen molar-refractivity contribution in [2.45, 2.75) is 13.0 Å². The molecular formula is C11H10Cl2N2S. The quantitative estimate of drug-likeness (QED) is 0.903. The van der Waals surface area contributed by atoms with Gasteiger partial charge in [0, 0.05) is 5.38 Å². The maximum atomic E-state index is 6.11. The van der Waals surface area contributed by atoms with E-state index in [9.17, 15) is 0 Å². The first kappa shape index (κ1) is 11.9. The Morgan fingerprint density at radius 2 is 2.12 bits per heavy atom. The third-order valence-corrected chi connectivity index (χ3v) is 3.90. The highest BCUT2D eigenvalue weighted by molar-refractivity contribution is 7.09. The minimum atomic E-state index is -0.323. The number of hydrogen-bond acceptors (Lipinski definition) is 3. The second kappa shape index (κ2) is 4.72. The van der Waals surface area contributed by atoms with E-state index in [0.29, 0.717) is 10.0 Å². The Morgan fingerprint density at radius 3 is 2.75 bits per heavy atom. The fraction of sp³-hybridized carbons (Fsp3) is 0.182. The van der Waals surface area contributed by atoms with Crippen molar-refractivity contribution in [2.75, 3.05) is 0 Å². The van der Waals surface area contributed by atoms with Gasteiger partial charge in [0.1, 0.15) is 0 Å².